The number of fused-ring (bicyclic) bond motifs is 1. The Labute approximate surface area is 232 Å². The lowest BCUT2D eigenvalue weighted by molar-refractivity contribution is -0.384. The molecule has 0 atom stereocenters. The molecular weight excluding hydrogens is 548 g/mol. The molecule has 3 aromatic rings. The molecule has 12 heteroatoms. The van der Waals surface area contributed by atoms with Crippen LogP contribution in [0.2, 0.25) is 5.02 Å². The summed E-state index contributed by atoms with van der Waals surface area (Å²) >= 11 is 7.17. The quantitative estimate of drug-likeness (QED) is 0.169. The van der Waals surface area contributed by atoms with Crippen LogP contribution in [0.25, 0.3) is 6.08 Å². The molecule has 0 unspecified atom stereocenters. The summed E-state index contributed by atoms with van der Waals surface area (Å²) in [5.74, 6) is 1.45. The zero-order valence-electron chi connectivity index (χ0n) is 20.5. The lowest BCUT2D eigenvalue weighted by Crippen LogP contribution is -2.27. The number of non-ortho nitro benzene ring substituents is 1. The van der Waals surface area contributed by atoms with Gasteiger partial charge in [-0.2, -0.15) is 0 Å². The highest BCUT2D eigenvalue weighted by Crippen LogP contribution is 2.40. The van der Waals surface area contributed by atoms with E-state index in [0.29, 0.717) is 51.3 Å². The maximum atomic E-state index is 13.1. The van der Waals surface area contributed by atoms with Crippen molar-refractivity contribution in [3.05, 3.63) is 91.3 Å². The molecule has 2 amide bonds. The SMILES string of the molecule is CCOc1cc(/C=C2/SC(=O)N(Cc3cc4c(cc3Cl)OCO4)C2=O)ccc1OCc1cccc([N+](=O)[O-])c1. The van der Waals surface area contributed by atoms with Gasteiger partial charge in [0.05, 0.1) is 23.0 Å². The van der Waals surface area contributed by atoms with Crippen molar-refractivity contribution in [1.29, 1.82) is 0 Å². The molecule has 0 spiro atoms. The van der Waals surface area contributed by atoms with Crippen LogP contribution in [-0.2, 0) is 17.9 Å². The zero-order chi connectivity index (χ0) is 27.5. The largest absolute Gasteiger partial charge is 0.490 e. The van der Waals surface area contributed by atoms with Crippen LogP contribution in [0.1, 0.15) is 23.6 Å². The lowest BCUT2D eigenvalue weighted by atomic mass is 10.1. The van der Waals surface area contributed by atoms with Gasteiger partial charge in [0.2, 0.25) is 6.79 Å². The molecule has 1 saturated heterocycles. The van der Waals surface area contributed by atoms with Gasteiger partial charge >= 0.3 is 0 Å². The Morgan fingerprint density at radius 3 is 2.64 bits per heavy atom. The molecule has 2 aliphatic heterocycles. The number of halogens is 1. The summed E-state index contributed by atoms with van der Waals surface area (Å²) in [6, 6.07) is 14.6. The first-order chi connectivity index (χ1) is 18.8. The van der Waals surface area contributed by atoms with Gasteiger partial charge in [-0.05, 0) is 59.7 Å². The summed E-state index contributed by atoms with van der Waals surface area (Å²) in [7, 11) is 0. The highest BCUT2D eigenvalue weighted by molar-refractivity contribution is 8.18. The summed E-state index contributed by atoms with van der Waals surface area (Å²) < 4.78 is 22.3. The fraction of sp³-hybridized carbons (Fsp3) is 0.185. The Bertz CT molecular complexity index is 1510. The standard InChI is InChI=1S/C27H21ClN2O8S/c1-2-35-22-9-16(6-7-21(22)36-14-17-4-3-5-19(8-17)30(33)34)10-25-26(31)29(27(32)39-25)13-18-11-23-24(12-20(18)28)38-15-37-23/h3-12H,2,13-15H2,1H3/b25-10+. The molecule has 10 nitrogen and oxygen atoms in total. The molecule has 0 saturated carbocycles. The summed E-state index contributed by atoms with van der Waals surface area (Å²) in [6.45, 7) is 2.36. The summed E-state index contributed by atoms with van der Waals surface area (Å²) in [6.07, 6.45) is 1.61. The van der Waals surface area contributed by atoms with Gasteiger partial charge in [-0.25, -0.2) is 0 Å². The van der Waals surface area contributed by atoms with Crippen LogP contribution >= 0.6 is 23.4 Å². The van der Waals surface area contributed by atoms with E-state index in [-0.39, 0.29) is 30.5 Å². The number of nitro benzene ring substituents is 1. The van der Waals surface area contributed by atoms with E-state index in [1.807, 2.05) is 6.92 Å². The van der Waals surface area contributed by atoms with Crippen molar-refractivity contribution in [2.75, 3.05) is 13.4 Å². The van der Waals surface area contributed by atoms with Crippen molar-refractivity contribution in [1.82, 2.24) is 4.90 Å². The first-order valence-corrected chi connectivity index (χ1v) is 13.0. The second-order valence-electron chi connectivity index (χ2n) is 8.42. The monoisotopic (exact) mass is 568 g/mol. The number of carbonyl (C=O) groups excluding carboxylic acids is 2. The smallest absolute Gasteiger partial charge is 0.293 e. The van der Waals surface area contributed by atoms with Crippen LogP contribution in [0, 0.1) is 10.1 Å². The van der Waals surface area contributed by atoms with E-state index in [9.17, 15) is 19.7 Å². The van der Waals surface area contributed by atoms with Crippen molar-refractivity contribution < 1.29 is 33.5 Å². The number of hydrogen-bond donors (Lipinski definition) is 0. The predicted octanol–water partition coefficient (Wildman–Crippen LogP) is 6.19. The summed E-state index contributed by atoms with van der Waals surface area (Å²) in [5.41, 5.74) is 1.80. The predicted molar refractivity (Wildman–Crippen MR) is 144 cm³/mol. The Balaban J connectivity index is 1.32. The minimum absolute atomic E-state index is 0.00784. The Hall–Kier alpha value is -4.22. The lowest BCUT2D eigenvalue weighted by Gasteiger charge is -2.14. The molecule has 3 aromatic carbocycles. The number of benzene rings is 3. The average Bonchev–Trinajstić information content (AvgIpc) is 3.47. The Kier molecular flexibility index (Phi) is 7.62. The molecule has 2 heterocycles. The highest BCUT2D eigenvalue weighted by atomic mass is 35.5. The minimum Gasteiger partial charge on any atom is -0.490 e. The average molecular weight is 569 g/mol. The third-order valence-corrected chi connectivity index (χ3v) is 7.08. The molecule has 0 aromatic heterocycles. The van der Waals surface area contributed by atoms with E-state index in [4.69, 9.17) is 30.5 Å². The molecule has 2 aliphatic rings. The van der Waals surface area contributed by atoms with E-state index < -0.39 is 16.1 Å². The molecule has 200 valence electrons. The van der Waals surface area contributed by atoms with E-state index >= 15 is 0 Å². The third kappa shape index (κ3) is 5.79. The molecule has 0 N–H and O–H groups in total. The van der Waals surface area contributed by atoms with Crippen molar-refractivity contribution in [2.24, 2.45) is 0 Å². The van der Waals surface area contributed by atoms with Gasteiger partial charge in [0.15, 0.2) is 23.0 Å². The maximum absolute atomic E-state index is 13.1. The first kappa shape index (κ1) is 26.4. The normalized spacial score (nSPS) is 15.2. The van der Waals surface area contributed by atoms with E-state index in [1.54, 1.807) is 48.5 Å². The second kappa shape index (κ2) is 11.3. The second-order valence-corrected chi connectivity index (χ2v) is 9.82. The van der Waals surface area contributed by atoms with Crippen molar-refractivity contribution in [3.63, 3.8) is 0 Å². The van der Waals surface area contributed by atoms with Gasteiger partial charge in [0.25, 0.3) is 16.8 Å². The minimum atomic E-state index is -0.463. The number of thioether (sulfide) groups is 1. The molecule has 0 aliphatic carbocycles. The number of ether oxygens (including phenoxy) is 4. The van der Waals surface area contributed by atoms with Crippen LogP contribution < -0.4 is 18.9 Å². The number of hydrogen-bond acceptors (Lipinski definition) is 9. The maximum Gasteiger partial charge on any atom is 0.293 e. The topological polar surface area (TPSA) is 117 Å². The van der Waals surface area contributed by atoms with E-state index in [2.05, 4.69) is 0 Å². The number of imide groups is 1. The van der Waals surface area contributed by atoms with Gasteiger partial charge in [-0.3, -0.25) is 24.6 Å². The van der Waals surface area contributed by atoms with Crippen molar-refractivity contribution in [2.45, 2.75) is 20.1 Å². The van der Waals surface area contributed by atoms with Crippen molar-refractivity contribution >= 4 is 46.3 Å². The number of nitrogens with zero attached hydrogens (tertiary/aromatic N) is 2. The van der Waals surface area contributed by atoms with Crippen molar-refractivity contribution in [3.8, 4) is 23.0 Å². The number of amides is 2. The number of rotatable bonds is 9. The molecule has 39 heavy (non-hydrogen) atoms. The molecule has 5 rings (SSSR count). The number of nitro groups is 1. The fourth-order valence-electron chi connectivity index (χ4n) is 3.96. The van der Waals surface area contributed by atoms with Gasteiger partial charge in [0.1, 0.15) is 6.61 Å². The Morgan fingerprint density at radius 2 is 1.87 bits per heavy atom. The first-order valence-electron chi connectivity index (χ1n) is 11.8. The van der Waals surface area contributed by atoms with Gasteiger partial charge in [-0.1, -0.05) is 29.8 Å². The van der Waals surface area contributed by atoms with Gasteiger partial charge < -0.3 is 18.9 Å². The highest BCUT2D eigenvalue weighted by Gasteiger charge is 2.35. The number of carbonyl (C=O) groups is 2. The third-order valence-electron chi connectivity index (χ3n) is 5.82. The summed E-state index contributed by atoms with van der Waals surface area (Å²) in [5, 5.41) is 11.0. The van der Waals surface area contributed by atoms with Crippen LogP contribution in [0.4, 0.5) is 10.5 Å². The van der Waals surface area contributed by atoms with E-state index in [1.165, 1.54) is 12.1 Å². The van der Waals surface area contributed by atoms with Crippen LogP contribution in [-0.4, -0.2) is 34.4 Å². The van der Waals surface area contributed by atoms with Crippen LogP contribution in [0.5, 0.6) is 23.0 Å². The van der Waals surface area contributed by atoms with Crippen LogP contribution in [0.3, 0.4) is 0 Å². The molecule has 0 bridgehead atoms. The van der Waals surface area contributed by atoms with Gasteiger partial charge in [0, 0.05) is 23.2 Å². The Morgan fingerprint density at radius 1 is 1.08 bits per heavy atom. The summed E-state index contributed by atoms with van der Waals surface area (Å²) in [4.78, 5) is 37.7. The fourth-order valence-corrected chi connectivity index (χ4v) is 5.01. The zero-order valence-corrected chi connectivity index (χ0v) is 22.1. The molecule has 1 fully saturated rings. The van der Waals surface area contributed by atoms with Crippen LogP contribution in [0.15, 0.2) is 59.5 Å². The molecule has 0 radical (unpaired) electrons. The van der Waals surface area contributed by atoms with Gasteiger partial charge in [-0.15, -0.1) is 0 Å². The van der Waals surface area contributed by atoms with E-state index in [0.717, 1.165) is 16.7 Å². The molecular formula is C27H21ClN2O8S.